The molecule has 0 aliphatic carbocycles. The van der Waals surface area contributed by atoms with Crippen LogP contribution in [0.25, 0.3) is 0 Å². The predicted molar refractivity (Wildman–Crippen MR) is 72.4 cm³/mol. The van der Waals surface area contributed by atoms with Crippen LogP contribution >= 0.6 is 0 Å². The van der Waals surface area contributed by atoms with Crippen molar-refractivity contribution in [1.82, 2.24) is 4.98 Å². The first-order valence-electron chi connectivity index (χ1n) is 5.92. The molecule has 0 amide bonds. The highest BCUT2D eigenvalue weighted by atomic mass is 16.5. The number of aromatic nitrogens is 1. The molecular formula is C15H13NO4. The van der Waals surface area contributed by atoms with Gasteiger partial charge in [-0.05, 0) is 24.6 Å². The van der Waals surface area contributed by atoms with Crippen LogP contribution in [-0.2, 0) is 0 Å². The Morgan fingerprint density at radius 2 is 1.85 bits per heavy atom. The number of ether oxygens (including phenoxy) is 1. The summed E-state index contributed by atoms with van der Waals surface area (Å²) in [6.07, 6.45) is 1.54. The van der Waals surface area contributed by atoms with Crippen molar-refractivity contribution < 1.29 is 19.4 Å². The number of nitrogens with zero attached hydrogens (tertiary/aromatic N) is 1. The van der Waals surface area contributed by atoms with E-state index in [1.54, 1.807) is 24.4 Å². The molecule has 0 aliphatic heterocycles. The second-order valence-electron chi connectivity index (χ2n) is 4.24. The fraction of sp³-hybridized carbons (Fsp3) is 0.133. The first kappa shape index (κ1) is 13.7. The van der Waals surface area contributed by atoms with Gasteiger partial charge in [0.05, 0.1) is 12.7 Å². The van der Waals surface area contributed by atoms with E-state index in [2.05, 4.69) is 4.98 Å². The molecule has 1 heterocycles. The Morgan fingerprint density at radius 1 is 1.20 bits per heavy atom. The number of rotatable bonds is 4. The Balaban J connectivity index is 2.55. The summed E-state index contributed by atoms with van der Waals surface area (Å²) in [5.41, 5.74) is 0.994. The summed E-state index contributed by atoms with van der Waals surface area (Å²) in [5.74, 6) is -1.30. The molecule has 0 saturated heterocycles. The highest BCUT2D eigenvalue weighted by molar-refractivity contribution is 6.14. The van der Waals surface area contributed by atoms with E-state index in [1.807, 2.05) is 6.92 Å². The molecule has 1 N–H and O–H groups in total. The zero-order valence-corrected chi connectivity index (χ0v) is 11.1. The molecule has 0 unspecified atom stereocenters. The normalized spacial score (nSPS) is 10.1. The molecule has 5 heteroatoms. The zero-order chi connectivity index (χ0) is 14.7. The van der Waals surface area contributed by atoms with Gasteiger partial charge in [0.25, 0.3) is 0 Å². The summed E-state index contributed by atoms with van der Waals surface area (Å²) in [6.45, 7) is 1.83. The van der Waals surface area contributed by atoms with E-state index in [1.165, 1.54) is 19.2 Å². The molecular weight excluding hydrogens is 258 g/mol. The van der Waals surface area contributed by atoms with Crippen molar-refractivity contribution in [3.8, 4) is 5.75 Å². The second kappa shape index (κ2) is 5.52. The third-order valence-corrected chi connectivity index (χ3v) is 2.83. The number of carbonyl (C=O) groups is 2. The molecule has 0 bridgehead atoms. The number of aryl methyl sites for hydroxylation is 1. The number of pyridine rings is 1. The largest absolute Gasteiger partial charge is 0.494 e. The van der Waals surface area contributed by atoms with Gasteiger partial charge < -0.3 is 9.84 Å². The minimum absolute atomic E-state index is 0.0538. The molecule has 1 aromatic carbocycles. The predicted octanol–water partition coefficient (Wildman–Crippen LogP) is 2.33. The van der Waals surface area contributed by atoms with Crippen molar-refractivity contribution >= 4 is 11.8 Å². The minimum Gasteiger partial charge on any atom is -0.494 e. The van der Waals surface area contributed by atoms with Crippen LogP contribution in [0.15, 0.2) is 36.5 Å². The van der Waals surface area contributed by atoms with Gasteiger partial charge in [-0.1, -0.05) is 18.2 Å². The van der Waals surface area contributed by atoms with Gasteiger partial charge in [0.15, 0.2) is 5.69 Å². The highest BCUT2D eigenvalue weighted by Gasteiger charge is 2.21. The number of carbonyl (C=O) groups excluding carboxylic acids is 1. The molecule has 5 nitrogen and oxygen atoms in total. The van der Waals surface area contributed by atoms with Gasteiger partial charge in [-0.25, -0.2) is 9.78 Å². The SMILES string of the molecule is COc1cc(C)cnc1C(=O)c1ccccc1C(=O)O. The fourth-order valence-electron chi connectivity index (χ4n) is 1.86. The summed E-state index contributed by atoms with van der Waals surface area (Å²) in [4.78, 5) is 27.7. The van der Waals surface area contributed by atoms with E-state index in [9.17, 15) is 9.59 Å². The fourth-order valence-corrected chi connectivity index (χ4v) is 1.86. The Bertz CT molecular complexity index is 679. The Morgan fingerprint density at radius 3 is 2.45 bits per heavy atom. The van der Waals surface area contributed by atoms with Gasteiger partial charge in [0.1, 0.15) is 5.75 Å². The van der Waals surface area contributed by atoms with E-state index in [4.69, 9.17) is 9.84 Å². The second-order valence-corrected chi connectivity index (χ2v) is 4.24. The Hall–Kier alpha value is -2.69. The van der Waals surface area contributed by atoms with Crippen molar-refractivity contribution in [3.05, 3.63) is 58.9 Å². The van der Waals surface area contributed by atoms with Crippen LogP contribution in [0.5, 0.6) is 5.75 Å². The Labute approximate surface area is 115 Å². The van der Waals surface area contributed by atoms with Gasteiger partial charge in [0.2, 0.25) is 5.78 Å². The van der Waals surface area contributed by atoms with Crippen LogP contribution in [0, 0.1) is 6.92 Å². The van der Waals surface area contributed by atoms with Gasteiger partial charge in [-0.3, -0.25) is 4.79 Å². The van der Waals surface area contributed by atoms with Crippen LogP contribution in [0.3, 0.4) is 0 Å². The van der Waals surface area contributed by atoms with Crippen LogP contribution in [0.1, 0.15) is 32.0 Å². The van der Waals surface area contributed by atoms with Gasteiger partial charge in [-0.15, -0.1) is 0 Å². The third-order valence-electron chi connectivity index (χ3n) is 2.83. The number of carboxylic acid groups (broad SMARTS) is 1. The molecule has 0 radical (unpaired) electrons. The summed E-state index contributed by atoms with van der Waals surface area (Å²) in [7, 11) is 1.44. The van der Waals surface area contributed by atoms with Crippen LogP contribution in [0.2, 0.25) is 0 Å². The highest BCUT2D eigenvalue weighted by Crippen LogP contribution is 2.22. The molecule has 0 spiro atoms. The van der Waals surface area contributed by atoms with Crippen molar-refractivity contribution in [3.63, 3.8) is 0 Å². The van der Waals surface area contributed by atoms with Crippen molar-refractivity contribution in [1.29, 1.82) is 0 Å². The van der Waals surface area contributed by atoms with E-state index < -0.39 is 11.8 Å². The van der Waals surface area contributed by atoms with Gasteiger partial charge in [-0.2, -0.15) is 0 Å². The summed E-state index contributed by atoms with van der Waals surface area (Å²) >= 11 is 0. The third kappa shape index (κ3) is 2.51. The lowest BCUT2D eigenvalue weighted by molar-refractivity contribution is 0.0692. The van der Waals surface area contributed by atoms with Gasteiger partial charge >= 0.3 is 5.97 Å². The quantitative estimate of drug-likeness (QED) is 0.863. The monoisotopic (exact) mass is 271 g/mol. The number of benzene rings is 1. The number of ketones is 1. The lowest BCUT2D eigenvalue weighted by Crippen LogP contribution is -2.12. The van der Waals surface area contributed by atoms with E-state index >= 15 is 0 Å². The van der Waals surface area contributed by atoms with Crippen LogP contribution in [0.4, 0.5) is 0 Å². The van der Waals surface area contributed by atoms with E-state index in [0.29, 0.717) is 5.75 Å². The maximum absolute atomic E-state index is 12.5. The maximum Gasteiger partial charge on any atom is 0.336 e. The number of carboxylic acids is 1. The smallest absolute Gasteiger partial charge is 0.336 e. The molecule has 102 valence electrons. The Kier molecular flexibility index (Phi) is 3.79. The minimum atomic E-state index is -1.15. The molecule has 0 aliphatic rings. The zero-order valence-electron chi connectivity index (χ0n) is 11.1. The molecule has 2 aromatic rings. The molecule has 0 saturated carbocycles. The lowest BCUT2D eigenvalue weighted by atomic mass is 10.0. The first-order chi connectivity index (χ1) is 9.54. The van der Waals surface area contributed by atoms with Crippen molar-refractivity contribution in [2.24, 2.45) is 0 Å². The average molecular weight is 271 g/mol. The van der Waals surface area contributed by atoms with E-state index in [0.717, 1.165) is 5.56 Å². The summed E-state index contributed by atoms with van der Waals surface area (Å²) in [5, 5.41) is 9.13. The number of methoxy groups -OCH3 is 1. The molecule has 0 atom stereocenters. The summed E-state index contributed by atoms with van der Waals surface area (Å²) in [6, 6.07) is 7.72. The molecule has 0 fully saturated rings. The van der Waals surface area contributed by atoms with Gasteiger partial charge in [0, 0.05) is 11.8 Å². The topological polar surface area (TPSA) is 76.5 Å². The number of aromatic carboxylic acids is 1. The first-order valence-corrected chi connectivity index (χ1v) is 5.92. The van der Waals surface area contributed by atoms with Crippen LogP contribution in [-0.4, -0.2) is 29.0 Å². The summed E-state index contributed by atoms with van der Waals surface area (Å²) < 4.78 is 5.14. The van der Waals surface area contributed by atoms with Crippen molar-refractivity contribution in [2.75, 3.05) is 7.11 Å². The average Bonchev–Trinajstić information content (AvgIpc) is 2.46. The standard InChI is InChI=1S/C15H13NO4/c1-9-7-12(20-2)13(16-8-9)14(17)10-5-3-4-6-11(10)15(18)19/h3-8H,1-2H3,(H,18,19). The molecule has 1 aromatic heterocycles. The number of hydrogen-bond acceptors (Lipinski definition) is 4. The maximum atomic E-state index is 12.5. The van der Waals surface area contributed by atoms with E-state index in [-0.39, 0.29) is 16.8 Å². The molecule has 20 heavy (non-hydrogen) atoms. The number of hydrogen-bond donors (Lipinski definition) is 1. The van der Waals surface area contributed by atoms with Crippen molar-refractivity contribution in [2.45, 2.75) is 6.92 Å². The van der Waals surface area contributed by atoms with Crippen LogP contribution < -0.4 is 4.74 Å². The lowest BCUT2D eigenvalue weighted by Gasteiger charge is -2.09. The molecule has 2 rings (SSSR count).